The average Bonchev–Trinajstić information content (AvgIpc) is 2.97. The van der Waals surface area contributed by atoms with Crippen LogP contribution < -0.4 is 5.32 Å². The number of hydrogen-bond donors (Lipinski definition) is 1. The third kappa shape index (κ3) is 2.08. The van der Waals surface area contributed by atoms with E-state index in [2.05, 4.69) is 31.0 Å². The van der Waals surface area contributed by atoms with E-state index in [1.165, 1.54) is 0 Å². The van der Waals surface area contributed by atoms with Crippen molar-refractivity contribution in [3.05, 3.63) is 35.6 Å². The molecule has 1 N–H and O–H groups in total. The van der Waals surface area contributed by atoms with Gasteiger partial charge in [0.2, 0.25) is 0 Å². The Morgan fingerprint density at radius 2 is 2.10 bits per heavy atom. The molecule has 2 nitrogen and oxygen atoms in total. The topological polar surface area (TPSA) is 15.3 Å². The zero-order chi connectivity index (χ0) is 14.3. The maximum Gasteiger partial charge on any atom is 0.127 e. The van der Waals surface area contributed by atoms with E-state index in [0.29, 0.717) is 11.8 Å². The molecular formula is C17H25FN2. The molecule has 3 rings (SSSR count). The van der Waals surface area contributed by atoms with Crippen molar-refractivity contribution in [2.75, 3.05) is 19.6 Å². The first kappa shape index (κ1) is 14.0. The summed E-state index contributed by atoms with van der Waals surface area (Å²) >= 11 is 0. The monoisotopic (exact) mass is 276 g/mol. The van der Waals surface area contributed by atoms with Crippen molar-refractivity contribution >= 4 is 0 Å². The Hall–Kier alpha value is -0.930. The van der Waals surface area contributed by atoms with Gasteiger partial charge >= 0.3 is 0 Å². The number of fused-ring (bicyclic) bond motifs is 1. The minimum Gasteiger partial charge on any atom is -0.316 e. The van der Waals surface area contributed by atoms with E-state index >= 15 is 0 Å². The van der Waals surface area contributed by atoms with Crippen molar-refractivity contribution < 1.29 is 4.39 Å². The third-order valence-electron chi connectivity index (χ3n) is 5.45. The summed E-state index contributed by atoms with van der Waals surface area (Å²) in [5.74, 6) is 1.33. The van der Waals surface area contributed by atoms with Gasteiger partial charge < -0.3 is 5.32 Å². The molecule has 0 aromatic heterocycles. The summed E-state index contributed by atoms with van der Waals surface area (Å²) in [5, 5.41) is 3.51. The molecule has 2 saturated heterocycles. The molecule has 3 unspecified atom stereocenters. The van der Waals surface area contributed by atoms with Gasteiger partial charge in [0.1, 0.15) is 5.82 Å². The van der Waals surface area contributed by atoms with Gasteiger partial charge in [-0.15, -0.1) is 0 Å². The van der Waals surface area contributed by atoms with Gasteiger partial charge in [-0.2, -0.15) is 0 Å². The second kappa shape index (κ2) is 5.12. The first-order valence-corrected chi connectivity index (χ1v) is 7.77. The molecule has 2 heterocycles. The Morgan fingerprint density at radius 1 is 1.35 bits per heavy atom. The molecule has 0 amide bonds. The van der Waals surface area contributed by atoms with Crippen LogP contribution in [0.4, 0.5) is 4.39 Å². The third-order valence-corrected chi connectivity index (χ3v) is 5.45. The van der Waals surface area contributed by atoms with Gasteiger partial charge in [0, 0.05) is 30.2 Å². The number of halogens is 1. The van der Waals surface area contributed by atoms with Crippen molar-refractivity contribution in [3.63, 3.8) is 0 Å². The number of nitrogens with one attached hydrogen (secondary N) is 1. The summed E-state index contributed by atoms with van der Waals surface area (Å²) in [5.41, 5.74) is 0.993. The first-order valence-electron chi connectivity index (χ1n) is 7.77. The Morgan fingerprint density at radius 3 is 2.75 bits per heavy atom. The summed E-state index contributed by atoms with van der Waals surface area (Å²) in [6, 6.07) is 7.46. The summed E-state index contributed by atoms with van der Waals surface area (Å²) in [4.78, 5) is 2.54. The molecule has 3 atom stereocenters. The van der Waals surface area contributed by atoms with Crippen LogP contribution in [0.1, 0.15) is 38.8 Å². The lowest BCUT2D eigenvalue weighted by atomic mass is 9.84. The molecule has 20 heavy (non-hydrogen) atoms. The van der Waals surface area contributed by atoms with E-state index in [1.807, 2.05) is 12.1 Å². The fourth-order valence-corrected chi connectivity index (χ4v) is 4.33. The molecule has 2 aliphatic rings. The quantitative estimate of drug-likeness (QED) is 0.912. The van der Waals surface area contributed by atoms with Gasteiger partial charge in [-0.05, 0) is 44.7 Å². The number of nitrogens with zero attached hydrogens (tertiary/aromatic N) is 1. The van der Waals surface area contributed by atoms with Crippen LogP contribution in [-0.4, -0.2) is 30.1 Å². The van der Waals surface area contributed by atoms with Crippen molar-refractivity contribution in [3.8, 4) is 0 Å². The zero-order valence-corrected chi connectivity index (χ0v) is 12.7. The highest BCUT2D eigenvalue weighted by molar-refractivity contribution is 5.23. The van der Waals surface area contributed by atoms with Gasteiger partial charge in [-0.3, -0.25) is 4.90 Å². The molecule has 3 heteroatoms. The maximum atomic E-state index is 14.2. The van der Waals surface area contributed by atoms with E-state index < -0.39 is 0 Å². The first-order chi connectivity index (χ1) is 9.55. The molecule has 0 spiro atoms. The van der Waals surface area contributed by atoms with Gasteiger partial charge in [0.25, 0.3) is 0 Å². The summed E-state index contributed by atoms with van der Waals surface area (Å²) in [7, 11) is 0. The van der Waals surface area contributed by atoms with Crippen LogP contribution in [0.25, 0.3) is 0 Å². The second-order valence-electron chi connectivity index (χ2n) is 6.78. The van der Waals surface area contributed by atoms with Crippen molar-refractivity contribution in [2.24, 2.45) is 11.8 Å². The highest BCUT2D eigenvalue weighted by Gasteiger charge is 2.51. The highest BCUT2D eigenvalue weighted by atomic mass is 19.1. The molecule has 2 fully saturated rings. The molecule has 0 aliphatic carbocycles. The van der Waals surface area contributed by atoms with Crippen LogP contribution in [0.15, 0.2) is 24.3 Å². The average molecular weight is 276 g/mol. The molecule has 0 radical (unpaired) electrons. The van der Waals surface area contributed by atoms with E-state index in [0.717, 1.165) is 31.6 Å². The Balaban J connectivity index is 1.93. The van der Waals surface area contributed by atoms with E-state index in [1.54, 1.807) is 12.1 Å². The van der Waals surface area contributed by atoms with Gasteiger partial charge in [-0.1, -0.05) is 25.1 Å². The van der Waals surface area contributed by atoms with Crippen LogP contribution >= 0.6 is 0 Å². The lowest BCUT2D eigenvalue weighted by Gasteiger charge is -2.41. The normalized spacial score (nSPS) is 30.4. The van der Waals surface area contributed by atoms with Crippen LogP contribution in [0.3, 0.4) is 0 Å². The number of benzene rings is 1. The van der Waals surface area contributed by atoms with Crippen LogP contribution in [0.2, 0.25) is 0 Å². The van der Waals surface area contributed by atoms with E-state index in [-0.39, 0.29) is 17.4 Å². The number of hydrogen-bond acceptors (Lipinski definition) is 2. The molecule has 2 aliphatic heterocycles. The minimum absolute atomic E-state index is 0.0645. The predicted molar refractivity (Wildman–Crippen MR) is 80.1 cm³/mol. The summed E-state index contributed by atoms with van der Waals surface area (Å²) in [6.45, 7) is 10.1. The largest absolute Gasteiger partial charge is 0.316 e. The molecule has 1 aromatic rings. The van der Waals surface area contributed by atoms with Crippen molar-refractivity contribution in [1.29, 1.82) is 0 Å². The van der Waals surface area contributed by atoms with Crippen LogP contribution in [0, 0.1) is 17.7 Å². The van der Waals surface area contributed by atoms with Gasteiger partial charge in [0.15, 0.2) is 0 Å². The SMILES string of the molecule is CCC(c1ccccc1F)N1CC2CNCC2C1(C)C. The number of likely N-dealkylation sites (tertiary alicyclic amines) is 1. The maximum absolute atomic E-state index is 14.2. The minimum atomic E-state index is -0.0645. The molecule has 110 valence electrons. The zero-order valence-electron chi connectivity index (χ0n) is 12.7. The molecule has 0 bridgehead atoms. The van der Waals surface area contributed by atoms with Gasteiger partial charge in [-0.25, -0.2) is 4.39 Å². The molecule has 1 aromatic carbocycles. The fourth-order valence-electron chi connectivity index (χ4n) is 4.33. The van der Waals surface area contributed by atoms with Crippen LogP contribution in [-0.2, 0) is 0 Å². The van der Waals surface area contributed by atoms with E-state index in [4.69, 9.17) is 0 Å². The number of rotatable bonds is 3. The second-order valence-corrected chi connectivity index (χ2v) is 6.78. The van der Waals surface area contributed by atoms with Gasteiger partial charge in [0.05, 0.1) is 0 Å². The smallest absolute Gasteiger partial charge is 0.127 e. The summed E-state index contributed by atoms with van der Waals surface area (Å²) in [6.07, 6.45) is 0.956. The molecular weight excluding hydrogens is 251 g/mol. The van der Waals surface area contributed by atoms with E-state index in [9.17, 15) is 4.39 Å². The summed E-state index contributed by atoms with van der Waals surface area (Å²) < 4.78 is 14.2. The predicted octanol–water partition coefficient (Wildman–Crippen LogP) is 3.21. The highest BCUT2D eigenvalue weighted by Crippen LogP contribution is 2.46. The lowest BCUT2D eigenvalue weighted by molar-refractivity contribution is 0.0841. The Bertz CT molecular complexity index is 486. The van der Waals surface area contributed by atoms with Crippen LogP contribution in [0.5, 0.6) is 0 Å². The van der Waals surface area contributed by atoms with Crippen molar-refractivity contribution in [2.45, 2.75) is 38.8 Å². The lowest BCUT2D eigenvalue weighted by Crippen LogP contribution is -2.46. The molecule has 0 saturated carbocycles. The van der Waals surface area contributed by atoms with Crippen molar-refractivity contribution in [1.82, 2.24) is 10.2 Å². The Labute approximate surface area is 121 Å². The standard InChI is InChI=1S/C17H25FN2/c1-4-16(13-7-5-6-8-15(13)18)20-11-12-9-19-10-14(12)17(20,2)3/h5-8,12,14,16,19H,4,9-11H2,1-3H3. The fraction of sp³-hybridized carbons (Fsp3) is 0.647. The Kier molecular flexibility index (Phi) is 3.59.